The number of carbonyl (C=O) groups excluding carboxylic acids is 2. The van der Waals surface area contributed by atoms with Gasteiger partial charge in [-0.1, -0.05) is 38.7 Å². The van der Waals surface area contributed by atoms with Gasteiger partial charge < -0.3 is 10.1 Å². The normalized spacial score (nSPS) is 10.9. The number of carbonyl (C=O) groups is 2. The first kappa shape index (κ1) is 20.2. The summed E-state index contributed by atoms with van der Waals surface area (Å²) in [5.41, 5.74) is 0.637. The van der Waals surface area contributed by atoms with Gasteiger partial charge in [0, 0.05) is 18.4 Å². The molecule has 0 aliphatic carbocycles. The molecule has 22 heavy (non-hydrogen) atoms. The first-order chi connectivity index (χ1) is 10.6. The van der Waals surface area contributed by atoms with Crippen LogP contribution in [0.1, 0.15) is 65.2 Å². The third-order valence-electron chi connectivity index (χ3n) is 3.23. The molecule has 0 aliphatic heterocycles. The summed E-state index contributed by atoms with van der Waals surface area (Å²) in [7, 11) is 0. The molecular formula is C18H29NO3. The molecule has 0 saturated heterocycles. The van der Waals surface area contributed by atoms with E-state index in [-0.39, 0.29) is 18.5 Å². The number of rotatable bonds is 12. The van der Waals surface area contributed by atoms with Crippen molar-refractivity contribution >= 4 is 11.9 Å². The molecule has 0 rings (SSSR count). The Labute approximate surface area is 134 Å². The fourth-order valence-corrected chi connectivity index (χ4v) is 1.88. The number of hydrogen-bond acceptors (Lipinski definition) is 3. The number of amides is 1. The van der Waals surface area contributed by atoms with Crippen molar-refractivity contribution in [3.05, 3.63) is 11.6 Å². The van der Waals surface area contributed by atoms with Crippen LogP contribution in [0.3, 0.4) is 0 Å². The van der Waals surface area contributed by atoms with Crippen molar-refractivity contribution in [2.45, 2.75) is 65.2 Å². The molecule has 0 fully saturated rings. The predicted molar refractivity (Wildman–Crippen MR) is 89.2 cm³/mol. The lowest BCUT2D eigenvalue weighted by Gasteiger charge is -2.07. The van der Waals surface area contributed by atoms with Crippen molar-refractivity contribution in [2.24, 2.45) is 0 Å². The number of esters is 1. The minimum Gasteiger partial charge on any atom is -0.464 e. The summed E-state index contributed by atoms with van der Waals surface area (Å²) in [6.07, 6.45) is 14.3. The first-order valence-electron chi connectivity index (χ1n) is 8.15. The van der Waals surface area contributed by atoms with Gasteiger partial charge in [0.15, 0.2) is 0 Å². The number of unbranched alkanes of at least 4 members (excludes halogenated alkanes) is 5. The molecule has 124 valence electrons. The maximum Gasteiger partial charge on any atom is 0.305 e. The smallest absolute Gasteiger partial charge is 0.305 e. The second-order valence-corrected chi connectivity index (χ2v) is 5.27. The number of hydrogen-bond donors (Lipinski definition) is 1. The van der Waals surface area contributed by atoms with Gasteiger partial charge in [-0.3, -0.25) is 9.59 Å². The van der Waals surface area contributed by atoms with Crippen LogP contribution in [0.25, 0.3) is 0 Å². The van der Waals surface area contributed by atoms with Crippen molar-refractivity contribution in [1.29, 1.82) is 0 Å². The molecule has 0 aromatic rings. The van der Waals surface area contributed by atoms with Gasteiger partial charge in [0.05, 0.1) is 6.54 Å². The Morgan fingerprint density at radius 3 is 2.64 bits per heavy atom. The lowest BCUT2D eigenvalue weighted by molar-refractivity contribution is -0.144. The summed E-state index contributed by atoms with van der Waals surface area (Å²) in [6, 6.07) is 0. The number of allylic oxidation sites excluding steroid dienone is 1. The van der Waals surface area contributed by atoms with Crippen LogP contribution in [0.4, 0.5) is 0 Å². The van der Waals surface area contributed by atoms with Gasteiger partial charge in [0.2, 0.25) is 5.91 Å². The van der Waals surface area contributed by atoms with Crippen LogP contribution >= 0.6 is 0 Å². The van der Waals surface area contributed by atoms with Gasteiger partial charge in [-0.15, -0.1) is 12.3 Å². The molecule has 0 atom stereocenters. The Hall–Kier alpha value is -1.76. The highest BCUT2D eigenvalue weighted by molar-refractivity contribution is 5.92. The van der Waals surface area contributed by atoms with Gasteiger partial charge in [0.25, 0.3) is 0 Å². The highest BCUT2D eigenvalue weighted by Gasteiger charge is 2.05. The van der Waals surface area contributed by atoms with Gasteiger partial charge >= 0.3 is 5.97 Å². The molecule has 0 heterocycles. The van der Waals surface area contributed by atoms with E-state index in [0.717, 1.165) is 12.8 Å². The third-order valence-corrected chi connectivity index (χ3v) is 3.23. The molecule has 1 N–H and O–H groups in total. The third kappa shape index (κ3) is 12.0. The zero-order chi connectivity index (χ0) is 16.6. The zero-order valence-corrected chi connectivity index (χ0v) is 14.0. The average Bonchev–Trinajstić information content (AvgIpc) is 2.51. The molecule has 0 radical (unpaired) electrons. The van der Waals surface area contributed by atoms with Crippen molar-refractivity contribution in [2.75, 3.05) is 13.2 Å². The van der Waals surface area contributed by atoms with E-state index in [4.69, 9.17) is 11.2 Å². The van der Waals surface area contributed by atoms with Gasteiger partial charge in [-0.25, -0.2) is 0 Å². The average molecular weight is 307 g/mol. The Kier molecular flexibility index (Phi) is 13.1. The number of nitrogens with one attached hydrogen (secondary N) is 1. The summed E-state index contributed by atoms with van der Waals surface area (Å²) in [6.45, 7) is 4.46. The van der Waals surface area contributed by atoms with Crippen LogP contribution in [0.2, 0.25) is 0 Å². The van der Waals surface area contributed by atoms with E-state index >= 15 is 0 Å². The molecule has 1 amide bonds. The summed E-state index contributed by atoms with van der Waals surface area (Å²) >= 11 is 0. The summed E-state index contributed by atoms with van der Waals surface area (Å²) in [5, 5.41) is 2.71. The Morgan fingerprint density at radius 1 is 1.23 bits per heavy atom. The molecular weight excluding hydrogens is 278 g/mol. The van der Waals surface area contributed by atoms with Gasteiger partial charge in [-0.05, 0) is 19.8 Å². The molecule has 0 spiro atoms. The van der Waals surface area contributed by atoms with E-state index in [9.17, 15) is 9.59 Å². The van der Waals surface area contributed by atoms with Crippen LogP contribution in [-0.2, 0) is 14.3 Å². The highest BCUT2D eigenvalue weighted by atomic mass is 16.5. The van der Waals surface area contributed by atoms with Crippen molar-refractivity contribution < 1.29 is 14.3 Å². The van der Waals surface area contributed by atoms with E-state index in [1.165, 1.54) is 19.3 Å². The summed E-state index contributed by atoms with van der Waals surface area (Å²) in [4.78, 5) is 23.1. The fraction of sp³-hybridized carbons (Fsp3) is 0.667. The summed E-state index contributed by atoms with van der Waals surface area (Å²) < 4.78 is 5.08. The van der Waals surface area contributed by atoms with E-state index < -0.39 is 0 Å². The topological polar surface area (TPSA) is 55.4 Å². The largest absolute Gasteiger partial charge is 0.464 e. The number of terminal acetylenes is 1. The maximum atomic E-state index is 11.7. The molecule has 0 aromatic heterocycles. The van der Waals surface area contributed by atoms with Gasteiger partial charge in [0.1, 0.15) is 6.61 Å². The molecule has 4 nitrogen and oxygen atoms in total. The Bertz CT molecular complexity index is 394. The Balaban J connectivity index is 3.62. The molecule has 0 unspecified atom stereocenters. The molecule has 0 aromatic carbocycles. The SMILES string of the molecule is C#CCC/C=C(\C)C(=O)NCCOC(=O)CCCCCCC. The predicted octanol–water partition coefficient (Wildman–Crippen LogP) is 3.37. The Morgan fingerprint density at radius 2 is 1.95 bits per heavy atom. The monoisotopic (exact) mass is 307 g/mol. The second-order valence-electron chi connectivity index (χ2n) is 5.27. The molecule has 0 aliphatic rings. The number of ether oxygens (including phenoxy) is 1. The molecule has 0 bridgehead atoms. The van der Waals surface area contributed by atoms with Gasteiger partial charge in [-0.2, -0.15) is 0 Å². The second kappa shape index (κ2) is 14.2. The fourth-order valence-electron chi connectivity index (χ4n) is 1.88. The van der Waals surface area contributed by atoms with Crippen LogP contribution in [0.5, 0.6) is 0 Å². The van der Waals surface area contributed by atoms with E-state index in [0.29, 0.717) is 31.4 Å². The lowest BCUT2D eigenvalue weighted by Crippen LogP contribution is -2.28. The quantitative estimate of drug-likeness (QED) is 0.260. The molecule has 0 saturated carbocycles. The van der Waals surface area contributed by atoms with Crippen molar-refractivity contribution in [3.8, 4) is 12.3 Å². The van der Waals surface area contributed by atoms with E-state index in [1.807, 2.05) is 6.08 Å². The first-order valence-corrected chi connectivity index (χ1v) is 8.15. The van der Waals surface area contributed by atoms with Crippen molar-refractivity contribution in [1.82, 2.24) is 5.32 Å². The minimum absolute atomic E-state index is 0.146. The standard InChI is InChI=1S/C18H29NO3/c1-4-6-8-9-11-13-17(20)22-15-14-19-18(21)16(3)12-10-7-5-2/h2,12H,4,6-11,13-15H2,1,3H3,(H,19,21)/b16-12+. The van der Waals surface area contributed by atoms with Crippen LogP contribution in [-0.4, -0.2) is 25.0 Å². The van der Waals surface area contributed by atoms with Crippen LogP contribution < -0.4 is 5.32 Å². The van der Waals surface area contributed by atoms with E-state index in [1.54, 1.807) is 6.92 Å². The lowest BCUT2D eigenvalue weighted by atomic mass is 10.1. The summed E-state index contributed by atoms with van der Waals surface area (Å²) in [5.74, 6) is 2.19. The van der Waals surface area contributed by atoms with Crippen LogP contribution in [0.15, 0.2) is 11.6 Å². The van der Waals surface area contributed by atoms with E-state index in [2.05, 4.69) is 18.2 Å². The maximum absolute atomic E-state index is 11.7. The zero-order valence-electron chi connectivity index (χ0n) is 14.0. The van der Waals surface area contributed by atoms with Crippen LogP contribution in [0, 0.1) is 12.3 Å². The minimum atomic E-state index is -0.188. The highest BCUT2D eigenvalue weighted by Crippen LogP contribution is 2.05. The van der Waals surface area contributed by atoms with Crippen molar-refractivity contribution in [3.63, 3.8) is 0 Å². The molecule has 4 heteroatoms.